The third-order valence-electron chi connectivity index (χ3n) is 2.90. The van der Waals surface area contributed by atoms with E-state index in [9.17, 15) is 0 Å². The highest BCUT2D eigenvalue weighted by atomic mass is 16.5. The van der Waals surface area contributed by atoms with Crippen LogP contribution < -0.4 is 10.1 Å². The molecule has 0 saturated carbocycles. The number of rotatable bonds is 7. The van der Waals surface area contributed by atoms with Crippen LogP contribution in [0.4, 0.5) is 0 Å². The topological polar surface area (TPSA) is 39.1 Å². The van der Waals surface area contributed by atoms with Gasteiger partial charge < -0.3 is 10.1 Å². The lowest BCUT2D eigenvalue weighted by atomic mass is 10.1. The molecule has 0 aliphatic rings. The molecule has 1 aromatic heterocycles. The van der Waals surface area contributed by atoms with Gasteiger partial charge in [-0.15, -0.1) is 0 Å². The molecule has 1 unspecified atom stereocenters. The molecule has 1 atom stereocenters. The van der Waals surface area contributed by atoms with Gasteiger partial charge in [-0.05, 0) is 19.0 Å². The number of aryl methyl sites for hydroxylation is 1. The number of aromatic nitrogens is 2. The summed E-state index contributed by atoms with van der Waals surface area (Å²) >= 11 is 0. The molecule has 0 saturated heterocycles. The van der Waals surface area contributed by atoms with E-state index >= 15 is 0 Å². The molecule has 2 aromatic rings. The Bertz CT molecular complexity index is 481. The van der Waals surface area contributed by atoms with Gasteiger partial charge in [0.15, 0.2) is 5.75 Å². The molecule has 1 N–H and O–H groups in total. The van der Waals surface area contributed by atoms with Crippen LogP contribution >= 0.6 is 0 Å². The first kappa shape index (κ1) is 13.6. The van der Waals surface area contributed by atoms with E-state index in [2.05, 4.69) is 29.5 Å². The molecule has 4 nitrogen and oxygen atoms in total. The Kier molecular flexibility index (Phi) is 4.98. The van der Waals surface area contributed by atoms with Crippen LogP contribution in [0.1, 0.15) is 25.0 Å². The van der Waals surface area contributed by atoms with Crippen LogP contribution in [-0.4, -0.2) is 23.4 Å². The van der Waals surface area contributed by atoms with Gasteiger partial charge in [0.25, 0.3) is 0 Å². The predicted molar refractivity (Wildman–Crippen MR) is 76.3 cm³/mol. The van der Waals surface area contributed by atoms with Crippen molar-refractivity contribution in [3.8, 4) is 5.75 Å². The molecule has 1 heterocycles. The van der Waals surface area contributed by atoms with Crippen molar-refractivity contribution in [3.05, 3.63) is 48.3 Å². The van der Waals surface area contributed by atoms with E-state index in [-0.39, 0.29) is 6.10 Å². The third kappa shape index (κ3) is 3.83. The lowest BCUT2D eigenvalue weighted by Crippen LogP contribution is -2.21. The predicted octanol–water partition coefficient (Wildman–Crippen LogP) is 2.63. The number of hydrogen-bond donors (Lipinski definition) is 1. The molecule has 2 rings (SSSR count). The second kappa shape index (κ2) is 6.95. The molecule has 4 heteroatoms. The van der Waals surface area contributed by atoms with E-state index in [1.54, 1.807) is 6.20 Å². The van der Waals surface area contributed by atoms with Gasteiger partial charge in [0.1, 0.15) is 6.10 Å². The van der Waals surface area contributed by atoms with Crippen molar-refractivity contribution in [1.82, 2.24) is 15.1 Å². The van der Waals surface area contributed by atoms with Crippen LogP contribution in [0.25, 0.3) is 0 Å². The average Bonchev–Trinajstić information content (AvgIpc) is 2.87. The molecule has 0 fully saturated rings. The van der Waals surface area contributed by atoms with Crippen molar-refractivity contribution in [1.29, 1.82) is 0 Å². The summed E-state index contributed by atoms with van der Waals surface area (Å²) in [4.78, 5) is 0. The normalized spacial score (nSPS) is 12.3. The quantitative estimate of drug-likeness (QED) is 0.831. The second-order valence-electron chi connectivity index (χ2n) is 4.51. The van der Waals surface area contributed by atoms with Gasteiger partial charge in [0, 0.05) is 13.1 Å². The Morgan fingerprint density at radius 1 is 1.32 bits per heavy atom. The van der Waals surface area contributed by atoms with E-state index in [1.165, 1.54) is 5.56 Å². The molecular formula is C15H21N3O. The summed E-state index contributed by atoms with van der Waals surface area (Å²) in [5, 5.41) is 7.45. The van der Waals surface area contributed by atoms with E-state index < -0.39 is 0 Å². The second-order valence-corrected chi connectivity index (χ2v) is 4.51. The maximum atomic E-state index is 6.02. The van der Waals surface area contributed by atoms with Crippen LogP contribution in [0.5, 0.6) is 5.75 Å². The molecule has 0 aliphatic heterocycles. The zero-order valence-corrected chi connectivity index (χ0v) is 11.5. The zero-order chi connectivity index (χ0) is 13.5. The van der Waals surface area contributed by atoms with Gasteiger partial charge in [0.2, 0.25) is 0 Å². The Labute approximate surface area is 114 Å². The van der Waals surface area contributed by atoms with Crippen molar-refractivity contribution in [2.75, 3.05) is 13.6 Å². The molecule has 0 spiro atoms. The minimum Gasteiger partial charge on any atom is -0.481 e. The van der Waals surface area contributed by atoms with Crippen molar-refractivity contribution in [2.24, 2.45) is 0 Å². The van der Waals surface area contributed by atoms with Gasteiger partial charge in [-0.2, -0.15) is 5.10 Å². The van der Waals surface area contributed by atoms with Crippen molar-refractivity contribution in [2.45, 2.75) is 26.0 Å². The monoisotopic (exact) mass is 259 g/mol. The standard InChI is InChI=1S/C15H21N3O/c1-3-9-18-12-14(10-17-18)19-15(11-16-2)13-7-5-4-6-8-13/h4-8,10,12,15-16H,3,9,11H2,1-2H3. The summed E-state index contributed by atoms with van der Waals surface area (Å²) < 4.78 is 7.94. The first-order valence-corrected chi connectivity index (χ1v) is 6.72. The minimum absolute atomic E-state index is 0.00507. The largest absolute Gasteiger partial charge is 0.481 e. The van der Waals surface area contributed by atoms with Gasteiger partial charge in [-0.25, -0.2) is 0 Å². The van der Waals surface area contributed by atoms with Crippen LogP contribution in [0, 0.1) is 0 Å². The average molecular weight is 259 g/mol. The number of ether oxygens (including phenoxy) is 1. The summed E-state index contributed by atoms with van der Waals surface area (Å²) in [5.41, 5.74) is 1.17. The Morgan fingerprint density at radius 2 is 2.11 bits per heavy atom. The molecular weight excluding hydrogens is 238 g/mol. The minimum atomic E-state index is 0.00507. The number of hydrogen-bond acceptors (Lipinski definition) is 3. The van der Waals surface area contributed by atoms with Gasteiger partial charge >= 0.3 is 0 Å². The smallest absolute Gasteiger partial charge is 0.158 e. The molecule has 0 bridgehead atoms. The molecule has 0 radical (unpaired) electrons. The van der Waals surface area contributed by atoms with Gasteiger partial charge in [0.05, 0.1) is 12.4 Å². The zero-order valence-electron chi connectivity index (χ0n) is 11.5. The first-order chi connectivity index (χ1) is 9.33. The van der Waals surface area contributed by atoms with E-state index in [0.717, 1.165) is 25.3 Å². The Morgan fingerprint density at radius 3 is 2.79 bits per heavy atom. The molecule has 1 aromatic carbocycles. The van der Waals surface area contributed by atoms with Crippen LogP contribution in [0.15, 0.2) is 42.7 Å². The summed E-state index contributed by atoms with van der Waals surface area (Å²) in [5.74, 6) is 0.817. The maximum absolute atomic E-state index is 6.02. The number of benzene rings is 1. The summed E-state index contributed by atoms with van der Waals surface area (Å²) in [6.07, 6.45) is 4.81. The number of nitrogens with one attached hydrogen (secondary N) is 1. The Hall–Kier alpha value is -1.81. The highest BCUT2D eigenvalue weighted by Crippen LogP contribution is 2.21. The molecule has 0 aliphatic carbocycles. The van der Waals surface area contributed by atoms with Crippen molar-refractivity contribution in [3.63, 3.8) is 0 Å². The van der Waals surface area contributed by atoms with Crippen LogP contribution in [0.3, 0.4) is 0 Å². The number of likely N-dealkylation sites (N-methyl/N-ethyl adjacent to an activating group) is 1. The summed E-state index contributed by atoms with van der Waals surface area (Å²) in [6.45, 7) is 3.82. The highest BCUT2D eigenvalue weighted by molar-refractivity contribution is 5.21. The van der Waals surface area contributed by atoms with Crippen LogP contribution in [-0.2, 0) is 6.54 Å². The first-order valence-electron chi connectivity index (χ1n) is 6.72. The Balaban J connectivity index is 2.07. The van der Waals surface area contributed by atoms with E-state index in [1.807, 2.05) is 36.1 Å². The van der Waals surface area contributed by atoms with Crippen molar-refractivity contribution < 1.29 is 4.74 Å². The molecule has 19 heavy (non-hydrogen) atoms. The van der Waals surface area contributed by atoms with Crippen LogP contribution in [0.2, 0.25) is 0 Å². The lowest BCUT2D eigenvalue weighted by Gasteiger charge is -2.18. The molecule has 102 valence electrons. The fraction of sp³-hybridized carbons (Fsp3) is 0.400. The summed E-state index contributed by atoms with van der Waals surface area (Å²) in [6, 6.07) is 10.2. The fourth-order valence-electron chi connectivity index (χ4n) is 2.00. The van der Waals surface area contributed by atoms with E-state index in [0.29, 0.717) is 0 Å². The van der Waals surface area contributed by atoms with Crippen molar-refractivity contribution >= 4 is 0 Å². The maximum Gasteiger partial charge on any atom is 0.158 e. The fourth-order valence-corrected chi connectivity index (χ4v) is 2.00. The third-order valence-corrected chi connectivity index (χ3v) is 2.90. The number of nitrogens with zero attached hydrogens (tertiary/aromatic N) is 2. The van der Waals surface area contributed by atoms with Gasteiger partial charge in [-0.1, -0.05) is 37.3 Å². The highest BCUT2D eigenvalue weighted by Gasteiger charge is 2.13. The lowest BCUT2D eigenvalue weighted by molar-refractivity contribution is 0.204. The van der Waals surface area contributed by atoms with E-state index in [4.69, 9.17) is 4.74 Å². The SMILES string of the molecule is CCCn1cc(OC(CNC)c2ccccc2)cn1. The summed E-state index contributed by atoms with van der Waals surface area (Å²) in [7, 11) is 1.93. The molecule has 0 amide bonds. The van der Waals surface area contributed by atoms with Gasteiger partial charge in [-0.3, -0.25) is 4.68 Å².